The summed E-state index contributed by atoms with van der Waals surface area (Å²) in [6.45, 7) is 4.21. The third kappa shape index (κ3) is 3.26. The first kappa shape index (κ1) is 14.3. The van der Waals surface area contributed by atoms with Gasteiger partial charge in [-0.05, 0) is 19.4 Å². The predicted octanol–water partition coefficient (Wildman–Crippen LogP) is 3.29. The number of aryl methyl sites for hydroxylation is 2. The monoisotopic (exact) mass is 282 g/mol. The van der Waals surface area contributed by atoms with Gasteiger partial charge >= 0.3 is 6.18 Å². The molecule has 3 nitrogen and oxygen atoms in total. The topological polar surface area (TPSA) is 34.9 Å². The molecule has 0 radical (unpaired) electrons. The molecule has 0 fully saturated rings. The fraction of sp³-hybridized carbons (Fsp3) is 0.286. The van der Waals surface area contributed by atoms with Crippen LogP contribution < -0.4 is 0 Å². The minimum Gasteiger partial charge on any atom is -0.284 e. The Morgan fingerprint density at radius 3 is 2.35 bits per heavy atom. The molecule has 0 bridgehead atoms. The zero-order chi connectivity index (χ0) is 14.9. The van der Waals surface area contributed by atoms with Crippen LogP contribution in [0.1, 0.15) is 27.0 Å². The van der Waals surface area contributed by atoms with Gasteiger partial charge in [-0.15, -0.1) is 0 Å². The Hall–Kier alpha value is -2.11. The van der Waals surface area contributed by atoms with E-state index in [1.807, 2.05) is 32.0 Å². The molecule has 1 aromatic carbocycles. The van der Waals surface area contributed by atoms with E-state index in [1.54, 1.807) is 0 Å². The molecular formula is C14H13F3N2O. The van der Waals surface area contributed by atoms with Gasteiger partial charge in [0.2, 0.25) is 0 Å². The van der Waals surface area contributed by atoms with Crippen molar-refractivity contribution in [3.63, 3.8) is 0 Å². The van der Waals surface area contributed by atoms with Gasteiger partial charge in [0, 0.05) is 6.20 Å². The average molecular weight is 282 g/mol. The number of benzene rings is 1. The quantitative estimate of drug-likeness (QED) is 0.810. The molecule has 20 heavy (non-hydrogen) atoms. The van der Waals surface area contributed by atoms with E-state index in [0.29, 0.717) is 6.54 Å². The predicted molar refractivity (Wildman–Crippen MR) is 67.6 cm³/mol. The summed E-state index contributed by atoms with van der Waals surface area (Å²) < 4.78 is 38.2. The number of carbonyl (C=O) groups excluding carboxylic acids is 1. The molecule has 1 aromatic heterocycles. The lowest BCUT2D eigenvalue weighted by atomic mass is 10.1. The first-order chi connectivity index (χ1) is 9.25. The Morgan fingerprint density at radius 1 is 1.20 bits per heavy atom. The fourth-order valence-corrected chi connectivity index (χ4v) is 2.08. The van der Waals surface area contributed by atoms with Crippen LogP contribution in [-0.4, -0.2) is 21.7 Å². The maximum atomic E-state index is 12.3. The van der Waals surface area contributed by atoms with E-state index in [0.717, 1.165) is 29.1 Å². The molecule has 2 aromatic rings. The molecule has 0 aliphatic rings. The summed E-state index contributed by atoms with van der Waals surface area (Å²) in [6.07, 6.45) is -2.81. The van der Waals surface area contributed by atoms with E-state index in [4.69, 9.17) is 0 Å². The highest BCUT2D eigenvalue weighted by molar-refractivity contribution is 5.99. The van der Waals surface area contributed by atoms with Gasteiger partial charge in [-0.2, -0.15) is 18.3 Å². The lowest BCUT2D eigenvalue weighted by molar-refractivity contribution is -0.0885. The number of hydrogen-bond acceptors (Lipinski definition) is 2. The Balaban J connectivity index is 2.20. The fourth-order valence-electron chi connectivity index (χ4n) is 2.08. The van der Waals surface area contributed by atoms with Crippen molar-refractivity contribution in [2.45, 2.75) is 26.6 Å². The molecule has 0 saturated heterocycles. The molecule has 1 heterocycles. The summed E-state index contributed by atoms with van der Waals surface area (Å²) in [5.74, 6) is -1.87. The van der Waals surface area contributed by atoms with Gasteiger partial charge in [-0.25, -0.2) is 0 Å². The van der Waals surface area contributed by atoms with Crippen molar-refractivity contribution >= 4 is 5.78 Å². The van der Waals surface area contributed by atoms with Crippen LogP contribution in [0.15, 0.2) is 30.6 Å². The molecule has 0 N–H and O–H groups in total. The number of ketones is 1. The minimum atomic E-state index is -4.87. The van der Waals surface area contributed by atoms with Crippen LogP contribution in [0.25, 0.3) is 0 Å². The largest absolute Gasteiger partial charge is 0.454 e. The lowest BCUT2D eigenvalue weighted by Gasteiger charge is -2.05. The van der Waals surface area contributed by atoms with Gasteiger partial charge in [0.1, 0.15) is 0 Å². The van der Waals surface area contributed by atoms with Crippen LogP contribution >= 0.6 is 0 Å². The summed E-state index contributed by atoms with van der Waals surface area (Å²) in [5, 5.41) is 3.80. The van der Waals surface area contributed by atoms with E-state index in [-0.39, 0.29) is 0 Å². The highest BCUT2D eigenvalue weighted by atomic mass is 19.4. The zero-order valence-corrected chi connectivity index (χ0v) is 11.0. The number of halogens is 3. The van der Waals surface area contributed by atoms with Gasteiger partial charge in [-0.3, -0.25) is 9.48 Å². The summed E-state index contributed by atoms with van der Waals surface area (Å²) in [6, 6.07) is 5.87. The van der Waals surface area contributed by atoms with Crippen molar-refractivity contribution in [3.05, 3.63) is 52.8 Å². The molecule has 0 spiro atoms. The van der Waals surface area contributed by atoms with Crippen molar-refractivity contribution < 1.29 is 18.0 Å². The molecular weight excluding hydrogens is 269 g/mol. The van der Waals surface area contributed by atoms with Crippen LogP contribution in [0.3, 0.4) is 0 Å². The SMILES string of the molecule is Cc1cc(C)cc(Cn2cc(C(=O)C(F)(F)F)cn2)c1. The summed E-state index contributed by atoms with van der Waals surface area (Å²) >= 11 is 0. The van der Waals surface area contributed by atoms with E-state index < -0.39 is 17.5 Å². The standard InChI is InChI=1S/C14H13F3N2O/c1-9-3-10(2)5-11(4-9)7-19-8-12(6-18-19)13(20)14(15,16)17/h3-6,8H,7H2,1-2H3. The molecule has 0 saturated carbocycles. The highest BCUT2D eigenvalue weighted by Gasteiger charge is 2.39. The van der Waals surface area contributed by atoms with Crippen molar-refractivity contribution in [1.82, 2.24) is 9.78 Å². The first-order valence-electron chi connectivity index (χ1n) is 5.97. The molecule has 106 valence electrons. The highest BCUT2D eigenvalue weighted by Crippen LogP contribution is 2.21. The van der Waals surface area contributed by atoms with Crippen LogP contribution in [0, 0.1) is 13.8 Å². The Kier molecular flexibility index (Phi) is 3.65. The Bertz CT molecular complexity index is 624. The maximum absolute atomic E-state index is 12.3. The number of carbonyl (C=O) groups is 1. The average Bonchev–Trinajstić information content (AvgIpc) is 2.73. The summed E-state index contributed by atoms with van der Waals surface area (Å²) in [5.41, 5.74) is 2.62. The van der Waals surface area contributed by atoms with E-state index in [2.05, 4.69) is 5.10 Å². The second-order valence-corrected chi connectivity index (χ2v) is 4.75. The molecule has 2 rings (SSSR count). The number of hydrogen-bond donors (Lipinski definition) is 0. The van der Waals surface area contributed by atoms with Gasteiger partial charge in [0.15, 0.2) is 0 Å². The van der Waals surface area contributed by atoms with Gasteiger partial charge < -0.3 is 0 Å². The smallest absolute Gasteiger partial charge is 0.284 e. The normalized spacial score (nSPS) is 11.7. The zero-order valence-electron chi connectivity index (χ0n) is 11.0. The molecule has 0 atom stereocenters. The lowest BCUT2D eigenvalue weighted by Crippen LogP contribution is -2.22. The van der Waals surface area contributed by atoms with E-state index in [9.17, 15) is 18.0 Å². The molecule has 0 aliphatic carbocycles. The summed E-state index contributed by atoms with van der Waals surface area (Å²) in [7, 11) is 0. The summed E-state index contributed by atoms with van der Waals surface area (Å²) in [4.78, 5) is 11.1. The van der Waals surface area contributed by atoms with Crippen molar-refractivity contribution in [1.29, 1.82) is 0 Å². The maximum Gasteiger partial charge on any atom is 0.454 e. The Labute approximate surface area is 114 Å². The van der Waals surface area contributed by atoms with Gasteiger partial charge in [-0.1, -0.05) is 29.3 Å². The van der Waals surface area contributed by atoms with E-state index in [1.165, 1.54) is 4.68 Å². The number of aromatic nitrogens is 2. The number of alkyl halides is 3. The van der Waals surface area contributed by atoms with E-state index >= 15 is 0 Å². The number of Topliss-reactive ketones (excluding diaryl/α,β-unsaturated/α-hetero) is 1. The van der Waals surface area contributed by atoms with Crippen LogP contribution in [-0.2, 0) is 6.54 Å². The number of nitrogens with zero attached hydrogens (tertiary/aromatic N) is 2. The molecule has 0 unspecified atom stereocenters. The van der Waals surface area contributed by atoms with Crippen LogP contribution in [0.5, 0.6) is 0 Å². The molecule has 0 aliphatic heterocycles. The second kappa shape index (κ2) is 5.11. The molecule has 6 heteroatoms. The Morgan fingerprint density at radius 2 is 1.80 bits per heavy atom. The number of rotatable bonds is 3. The van der Waals surface area contributed by atoms with Crippen LogP contribution in [0.2, 0.25) is 0 Å². The van der Waals surface area contributed by atoms with Crippen molar-refractivity contribution in [2.75, 3.05) is 0 Å². The van der Waals surface area contributed by atoms with Crippen molar-refractivity contribution in [2.24, 2.45) is 0 Å². The third-order valence-electron chi connectivity index (χ3n) is 2.78. The second-order valence-electron chi connectivity index (χ2n) is 4.75. The van der Waals surface area contributed by atoms with Gasteiger partial charge in [0.25, 0.3) is 5.78 Å². The van der Waals surface area contributed by atoms with Crippen molar-refractivity contribution in [3.8, 4) is 0 Å². The minimum absolute atomic E-state index is 0.327. The van der Waals surface area contributed by atoms with Gasteiger partial charge in [0.05, 0.1) is 18.3 Å². The van der Waals surface area contributed by atoms with Crippen LogP contribution in [0.4, 0.5) is 13.2 Å². The first-order valence-corrected chi connectivity index (χ1v) is 5.97. The molecule has 0 amide bonds. The third-order valence-corrected chi connectivity index (χ3v) is 2.78.